The maximum absolute atomic E-state index is 9.12. The van der Waals surface area contributed by atoms with Crippen LogP contribution in [0.2, 0.25) is 0 Å². The van der Waals surface area contributed by atoms with E-state index in [2.05, 4.69) is 51.7 Å². The van der Waals surface area contributed by atoms with Crippen molar-refractivity contribution in [1.82, 2.24) is 0 Å². The van der Waals surface area contributed by atoms with Gasteiger partial charge in [-0.15, -0.1) is 11.8 Å². The van der Waals surface area contributed by atoms with Crippen molar-refractivity contribution in [2.75, 3.05) is 17.7 Å². The highest BCUT2D eigenvalue weighted by Gasteiger charge is 2.26. The highest BCUT2D eigenvalue weighted by molar-refractivity contribution is 7.99. The van der Waals surface area contributed by atoms with Gasteiger partial charge >= 0.3 is 0 Å². The third-order valence-corrected chi connectivity index (χ3v) is 4.82. The molecule has 1 unspecified atom stereocenters. The Morgan fingerprint density at radius 3 is 2.52 bits per heavy atom. The van der Waals surface area contributed by atoms with Crippen molar-refractivity contribution in [2.24, 2.45) is 16.3 Å². The Kier molecular flexibility index (Phi) is 5.96. The summed E-state index contributed by atoms with van der Waals surface area (Å²) in [6.07, 6.45) is 0. The molecule has 1 rings (SSSR count). The lowest BCUT2D eigenvalue weighted by molar-refractivity contribution is 0.318. The average molecular weight is 309 g/mol. The molecule has 0 aliphatic carbocycles. The molecule has 1 atom stereocenters. The fraction of sp³-hybridized carbons (Fsp3) is 0.562. The molecule has 0 fully saturated rings. The summed E-state index contributed by atoms with van der Waals surface area (Å²) < 4.78 is 0. The fourth-order valence-corrected chi connectivity index (χ4v) is 3.03. The molecule has 0 saturated carbocycles. The molecular weight excluding hydrogens is 282 g/mol. The second-order valence-corrected chi connectivity index (χ2v) is 7.53. The number of oxime groups is 1. The molecule has 21 heavy (non-hydrogen) atoms. The van der Waals surface area contributed by atoms with Gasteiger partial charge in [0, 0.05) is 23.7 Å². The molecule has 0 saturated heterocycles. The first kappa shape index (κ1) is 17.7. The number of benzene rings is 1. The van der Waals surface area contributed by atoms with E-state index < -0.39 is 0 Å². The van der Waals surface area contributed by atoms with Gasteiger partial charge in [-0.25, -0.2) is 0 Å². The van der Waals surface area contributed by atoms with E-state index in [1.54, 1.807) is 11.8 Å². The van der Waals surface area contributed by atoms with Crippen LogP contribution in [-0.2, 0) is 0 Å². The minimum atomic E-state index is 0.130. The number of nitrogens with two attached hydrogens (primary N) is 1. The lowest BCUT2D eigenvalue weighted by Crippen LogP contribution is -2.40. The molecule has 118 valence electrons. The van der Waals surface area contributed by atoms with Crippen LogP contribution in [0, 0.1) is 5.41 Å². The van der Waals surface area contributed by atoms with Crippen LogP contribution in [-0.4, -0.2) is 29.9 Å². The van der Waals surface area contributed by atoms with E-state index in [4.69, 9.17) is 10.9 Å². The van der Waals surface area contributed by atoms with Gasteiger partial charge in [0.05, 0.1) is 5.56 Å². The van der Waals surface area contributed by atoms with Crippen molar-refractivity contribution in [2.45, 2.75) is 45.6 Å². The van der Waals surface area contributed by atoms with Gasteiger partial charge in [-0.3, -0.25) is 0 Å². The zero-order valence-electron chi connectivity index (χ0n) is 13.8. The van der Waals surface area contributed by atoms with E-state index >= 15 is 0 Å². The Balaban J connectivity index is 3.38. The molecule has 0 aromatic heterocycles. The quantitative estimate of drug-likeness (QED) is 0.286. The van der Waals surface area contributed by atoms with E-state index in [1.807, 2.05) is 18.2 Å². The predicted molar refractivity (Wildman–Crippen MR) is 92.7 cm³/mol. The van der Waals surface area contributed by atoms with Crippen LogP contribution >= 0.6 is 11.8 Å². The predicted octanol–water partition coefficient (Wildman–Crippen LogP) is 3.76. The maximum Gasteiger partial charge on any atom is 0.173 e. The Hall–Kier alpha value is -1.36. The summed E-state index contributed by atoms with van der Waals surface area (Å²) in [4.78, 5) is 3.24. The van der Waals surface area contributed by atoms with E-state index in [9.17, 15) is 0 Å². The SMILES string of the molecule is CCSc1cccc(N(C)C(C)C(C)(C)C)c1/C(N)=N/O. The summed E-state index contributed by atoms with van der Waals surface area (Å²) >= 11 is 1.70. The van der Waals surface area contributed by atoms with Crippen LogP contribution in [0.15, 0.2) is 28.3 Å². The minimum absolute atomic E-state index is 0.130. The Morgan fingerprint density at radius 1 is 1.43 bits per heavy atom. The van der Waals surface area contributed by atoms with Crippen LogP contribution < -0.4 is 10.6 Å². The number of rotatable bonds is 5. The molecule has 3 N–H and O–H groups in total. The highest BCUT2D eigenvalue weighted by atomic mass is 32.2. The summed E-state index contributed by atoms with van der Waals surface area (Å²) in [5.41, 5.74) is 7.87. The molecule has 0 heterocycles. The molecule has 0 aliphatic heterocycles. The summed E-state index contributed by atoms with van der Waals surface area (Å²) in [7, 11) is 2.06. The van der Waals surface area contributed by atoms with Crippen molar-refractivity contribution in [3.8, 4) is 0 Å². The lowest BCUT2D eigenvalue weighted by Gasteiger charge is -2.38. The third kappa shape index (κ3) is 4.06. The second kappa shape index (κ2) is 7.07. The molecular formula is C16H27N3OS. The van der Waals surface area contributed by atoms with Gasteiger partial charge in [0.2, 0.25) is 0 Å². The first-order valence-corrected chi connectivity index (χ1v) is 8.19. The largest absolute Gasteiger partial charge is 0.409 e. The maximum atomic E-state index is 9.12. The molecule has 0 spiro atoms. The van der Waals surface area contributed by atoms with Crippen molar-refractivity contribution in [3.63, 3.8) is 0 Å². The molecule has 1 aromatic rings. The molecule has 5 heteroatoms. The van der Waals surface area contributed by atoms with Crippen LogP contribution in [0.5, 0.6) is 0 Å². The van der Waals surface area contributed by atoms with Gasteiger partial charge in [0.15, 0.2) is 5.84 Å². The molecule has 0 bridgehead atoms. The zero-order chi connectivity index (χ0) is 16.2. The van der Waals surface area contributed by atoms with E-state index in [0.717, 1.165) is 21.9 Å². The van der Waals surface area contributed by atoms with Gasteiger partial charge in [-0.1, -0.05) is 38.9 Å². The molecule has 4 nitrogen and oxygen atoms in total. The summed E-state index contributed by atoms with van der Waals surface area (Å²) in [6.45, 7) is 10.9. The first-order chi connectivity index (χ1) is 9.73. The van der Waals surface area contributed by atoms with Gasteiger partial charge in [0.1, 0.15) is 0 Å². The van der Waals surface area contributed by atoms with Gasteiger partial charge in [-0.05, 0) is 30.2 Å². The molecule has 1 aromatic carbocycles. The normalized spacial score (nSPS) is 14.1. The fourth-order valence-electron chi connectivity index (χ4n) is 2.19. The third-order valence-electron chi connectivity index (χ3n) is 3.88. The second-order valence-electron chi connectivity index (χ2n) is 6.22. The van der Waals surface area contributed by atoms with E-state index in [1.165, 1.54) is 0 Å². The Labute approximate surface area is 132 Å². The summed E-state index contributed by atoms with van der Waals surface area (Å²) in [5.74, 6) is 1.10. The lowest BCUT2D eigenvalue weighted by atomic mass is 9.86. The minimum Gasteiger partial charge on any atom is -0.409 e. The number of thioether (sulfide) groups is 1. The van der Waals surface area contributed by atoms with Crippen molar-refractivity contribution in [1.29, 1.82) is 0 Å². The van der Waals surface area contributed by atoms with Crippen LogP contribution in [0.3, 0.4) is 0 Å². The summed E-state index contributed by atoms with van der Waals surface area (Å²) in [5, 5.41) is 12.3. The standard InChI is InChI=1S/C16H27N3OS/c1-7-21-13-10-8-9-12(14(13)15(17)18-20)19(6)11(2)16(3,4)5/h8-11,20H,7H2,1-6H3,(H2,17,18). The molecule has 0 radical (unpaired) electrons. The number of nitrogens with zero attached hydrogens (tertiary/aromatic N) is 2. The van der Waals surface area contributed by atoms with Crippen LogP contribution in [0.4, 0.5) is 5.69 Å². The van der Waals surface area contributed by atoms with Gasteiger partial charge < -0.3 is 15.8 Å². The number of anilines is 1. The molecule has 0 aliphatic rings. The zero-order valence-corrected chi connectivity index (χ0v) is 14.7. The van der Waals surface area contributed by atoms with E-state index in [-0.39, 0.29) is 11.3 Å². The topological polar surface area (TPSA) is 61.8 Å². The first-order valence-electron chi connectivity index (χ1n) is 7.20. The number of amidine groups is 1. The van der Waals surface area contributed by atoms with Crippen LogP contribution in [0.1, 0.15) is 40.2 Å². The van der Waals surface area contributed by atoms with Crippen molar-refractivity contribution >= 4 is 23.3 Å². The summed E-state index contributed by atoms with van der Waals surface area (Å²) in [6, 6.07) is 6.37. The van der Waals surface area contributed by atoms with Gasteiger partial charge in [0.25, 0.3) is 0 Å². The van der Waals surface area contributed by atoms with Gasteiger partial charge in [-0.2, -0.15) is 0 Å². The highest BCUT2D eigenvalue weighted by Crippen LogP contribution is 2.34. The smallest absolute Gasteiger partial charge is 0.173 e. The van der Waals surface area contributed by atoms with E-state index in [0.29, 0.717) is 6.04 Å². The Bertz CT molecular complexity index is 509. The molecule has 0 amide bonds. The number of hydrogen-bond acceptors (Lipinski definition) is 4. The Morgan fingerprint density at radius 2 is 2.05 bits per heavy atom. The average Bonchev–Trinajstić information content (AvgIpc) is 2.44. The van der Waals surface area contributed by atoms with Crippen molar-refractivity contribution in [3.05, 3.63) is 23.8 Å². The number of hydrogen-bond donors (Lipinski definition) is 2. The van der Waals surface area contributed by atoms with Crippen molar-refractivity contribution < 1.29 is 5.21 Å². The van der Waals surface area contributed by atoms with Crippen LogP contribution in [0.25, 0.3) is 0 Å². The monoisotopic (exact) mass is 309 g/mol.